The SMILES string of the molecule is N#Cc1ccc(-c2cccc3c2sc2c3ccc3c2c2ccccc2n3-c2ccccc2)c(-n2c3ccccc3c3cc(C#N)ccc32)c1.N#Cc1ccc2c(c1)c1ccccc1n2-c1c(C#N)cccc1-c1cccc2c1sc1c2ccc2c1c1ccccc1n2-c1ccccc1.N#Cc1cccc(-n2c3ccccc3c3ccccc32)c1-c1ccc2c3c4oc5ccccc5c4ccc3n(-c3ccccc3)c2c1. The average molecular weight is 1880 g/mol. The van der Waals surface area contributed by atoms with Crippen LogP contribution in [0.2, 0.25) is 0 Å². The van der Waals surface area contributed by atoms with E-state index in [9.17, 15) is 26.3 Å². The van der Waals surface area contributed by atoms with Crippen LogP contribution in [0.15, 0.2) is 447 Å². The number of nitrogens with zero attached hydrogens (tertiary/aromatic N) is 11. The van der Waals surface area contributed by atoms with Crippen LogP contribution < -0.4 is 0 Å². The zero-order chi connectivity index (χ0) is 96.3. The molecule has 0 saturated heterocycles. The summed E-state index contributed by atoms with van der Waals surface area (Å²) >= 11 is 3.67. The summed E-state index contributed by atoms with van der Waals surface area (Å²) in [5.74, 6) is 0. The Labute approximate surface area is 836 Å². The van der Waals surface area contributed by atoms with Gasteiger partial charge in [-0.2, -0.15) is 26.3 Å². The Bertz CT molecular complexity index is 11000. The van der Waals surface area contributed by atoms with Crippen molar-refractivity contribution in [3.8, 4) is 97.9 Å². The van der Waals surface area contributed by atoms with Crippen LogP contribution in [0.1, 0.15) is 27.8 Å². The van der Waals surface area contributed by atoms with Crippen molar-refractivity contribution in [2.45, 2.75) is 0 Å². The first-order chi connectivity index (χ1) is 71.8. The van der Waals surface area contributed by atoms with E-state index < -0.39 is 0 Å². The summed E-state index contributed by atoms with van der Waals surface area (Å²) in [7, 11) is 0. The Morgan fingerprint density at radius 2 is 0.559 bits per heavy atom. The van der Waals surface area contributed by atoms with E-state index in [2.05, 4.69) is 385 Å². The minimum atomic E-state index is 0.593. The van der Waals surface area contributed by atoms with Crippen molar-refractivity contribution < 1.29 is 4.42 Å². The van der Waals surface area contributed by atoms with E-state index in [1.165, 1.54) is 94.7 Å². The maximum absolute atomic E-state index is 10.6. The number of furan rings is 1. The number of benzene rings is 21. The summed E-state index contributed by atoms with van der Waals surface area (Å²) in [6, 6.07) is 166. The molecule has 0 aliphatic carbocycles. The van der Waals surface area contributed by atoms with Crippen molar-refractivity contribution >= 4 is 216 Å². The number of hydrogen-bond acceptors (Lipinski definition) is 8. The van der Waals surface area contributed by atoms with Gasteiger partial charge in [0.15, 0.2) is 0 Å². The smallest absolute Gasteiger partial charge is 0.145 e. The first kappa shape index (κ1) is 83.3. The summed E-state index contributed by atoms with van der Waals surface area (Å²) in [6.45, 7) is 0. The lowest BCUT2D eigenvalue weighted by Gasteiger charge is -2.16. The molecule has 21 aromatic carbocycles. The predicted octanol–water partition coefficient (Wildman–Crippen LogP) is 34.6. The maximum atomic E-state index is 10.6. The van der Waals surface area contributed by atoms with Crippen LogP contribution in [-0.4, -0.2) is 27.4 Å². The van der Waals surface area contributed by atoms with Gasteiger partial charge in [-0.15, -0.1) is 22.7 Å². The van der Waals surface area contributed by atoms with Crippen molar-refractivity contribution in [2.75, 3.05) is 0 Å². The Balaban J connectivity index is 0.000000106. The first-order valence-corrected chi connectivity index (χ1v) is 49.7. The highest BCUT2D eigenvalue weighted by molar-refractivity contribution is 7.28. The molecule has 30 aromatic rings. The zero-order valence-corrected chi connectivity index (χ0v) is 78.9. The van der Waals surface area contributed by atoms with Gasteiger partial charge >= 0.3 is 0 Å². The number of rotatable bonds is 9. The van der Waals surface area contributed by atoms with Gasteiger partial charge in [0, 0.05) is 155 Å². The fourth-order valence-electron chi connectivity index (χ4n) is 23.0. The number of aromatic nitrogens is 6. The molecule has 0 unspecified atom stereocenters. The van der Waals surface area contributed by atoms with Gasteiger partial charge in [-0.25, -0.2) is 0 Å². The minimum absolute atomic E-state index is 0.593. The van der Waals surface area contributed by atoms with E-state index in [-0.39, 0.29) is 0 Å². The van der Waals surface area contributed by atoms with Gasteiger partial charge in [0.25, 0.3) is 0 Å². The second kappa shape index (κ2) is 33.2. The van der Waals surface area contributed by atoms with E-state index in [1.807, 2.05) is 138 Å². The van der Waals surface area contributed by atoms with Crippen molar-refractivity contribution in [3.05, 3.63) is 471 Å². The second-order valence-electron chi connectivity index (χ2n) is 36.7. The quantitative estimate of drug-likeness (QED) is 0.140. The number of hydrogen-bond donors (Lipinski definition) is 0. The molecule has 0 atom stereocenters. The monoisotopic (exact) mass is 1880 g/mol. The molecular weight excluding hydrogens is 1810 g/mol. The van der Waals surface area contributed by atoms with Gasteiger partial charge in [-0.05, 0) is 181 Å². The minimum Gasteiger partial charge on any atom is -0.455 e. The molecule has 0 radical (unpaired) electrons. The summed E-state index contributed by atoms with van der Waals surface area (Å²) in [4.78, 5) is 0. The Morgan fingerprint density at radius 3 is 1.08 bits per heavy atom. The van der Waals surface area contributed by atoms with Crippen LogP contribution in [0.4, 0.5) is 0 Å². The normalized spacial score (nSPS) is 11.7. The first-order valence-electron chi connectivity index (χ1n) is 48.1. The lowest BCUT2D eigenvalue weighted by molar-refractivity contribution is 0.673. The maximum Gasteiger partial charge on any atom is 0.145 e. The fourth-order valence-corrected chi connectivity index (χ4v) is 25.8. The van der Waals surface area contributed by atoms with Crippen LogP contribution in [-0.2, 0) is 0 Å². The van der Waals surface area contributed by atoms with Crippen molar-refractivity contribution in [3.63, 3.8) is 0 Å². The van der Waals surface area contributed by atoms with Crippen LogP contribution in [0.25, 0.3) is 261 Å². The van der Waals surface area contributed by atoms with E-state index in [0.717, 1.165) is 166 Å². The molecule has 145 heavy (non-hydrogen) atoms. The molecule has 0 saturated carbocycles. The van der Waals surface area contributed by atoms with Gasteiger partial charge < -0.3 is 31.8 Å². The largest absolute Gasteiger partial charge is 0.455 e. The van der Waals surface area contributed by atoms with Gasteiger partial charge in [0.05, 0.1) is 141 Å². The molecule has 9 heterocycles. The summed E-state index contributed by atoms with van der Waals surface area (Å²) in [5, 5.41) is 71.3. The van der Waals surface area contributed by atoms with E-state index in [4.69, 9.17) is 4.42 Å². The molecule has 14 heteroatoms. The average Bonchev–Trinajstić information content (AvgIpc) is 1.56. The number of fused-ring (bicyclic) bond motifs is 30. The standard InChI is InChI=1S/2C44H24N4S.C43H25N3O/c45-25-27-20-22-39-36(24-27)30-13-4-6-18-37(30)48(39)42-28(26-46)10-8-15-31(42)32-16-9-17-33-34-21-23-40-41(44(34)49-43(32)33)35-14-5-7-19-38(35)47(40)29-11-2-1-3-12-29;45-25-27-18-21-39-36(23-27)30-11-4-6-15-37(30)48(39)41-24-28(26-46)17-19-31(41)32-13-8-14-33-34-20-22-40-42(44(34)49-43(32)33)35-12-5-7-16-38(35)47(40)29-9-2-1-3-10-29;44-26-28-11-10-19-37(46-35-17-7-4-14-30(35)31-15-5-8-18-36(31)46)41(28)27-21-22-34-39(25-27)45(29-12-2-1-3-13-29)38-24-23-33-32-16-6-9-20-40(32)47-43(33)42(34)38/h2*1-24H;1-25H. The predicted molar refractivity (Wildman–Crippen MR) is 598 cm³/mol. The van der Waals surface area contributed by atoms with Gasteiger partial charge in [0.2, 0.25) is 0 Å². The molecule has 0 amide bonds. The van der Waals surface area contributed by atoms with Gasteiger partial charge in [-0.3, -0.25) is 0 Å². The topological polar surface area (TPSA) is 162 Å². The molecule has 30 rings (SSSR count). The summed E-state index contributed by atoms with van der Waals surface area (Å²) in [6.07, 6.45) is 0. The number of nitriles is 5. The molecule has 0 aliphatic rings. The highest BCUT2D eigenvalue weighted by atomic mass is 32.1. The molecule has 0 bridgehead atoms. The Hall–Kier alpha value is -19.9. The van der Waals surface area contributed by atoms with Crippen molar-refractivity contribution in [2.24, 2.45) is 0 Å². The van der Waals surface area contributed by atoms with Crippen molar-refractivity contribution in [1.82, 2.24) is 27.4 Å². The third-order valence-electron chi connectivity index (χ3n) is 29.1. The highest BCUT2D eigenvalue weighted by Gasteiger charge is 2.29. The van der Waals surface area contributed by atoms with E-state index in [0.29, 0.717) is 27.8 Å². The molecule has 0 aliphatic heterocycles. The number of thiophene rings is 2. The van der Waals surface area contributed by atoms with Gasteiger partial charge in [-0.1, -0.05) is 267 Å². The van der Waals surface area contributed by atoms with Crippen LogP contribution in [0.3, 0.4) is 0 Å². The molecule has 12 nitrogen and oxygen atoms in total. The fraction of sp³-hybridized carbons (Fsp3) is 0. The lowest BCUT2D eigenvalue weighted by Crippen LogP contribution is -2.01. The van der Waals surface area contributed by atoms with E-state index in [1.54, 1.807) is 0 Å². The Kier molecular flexibility index (Phi) is 19.1. The molecule has 0 fully saturated rings. The lowest BCUT2D eigenvalue weighted by atomic mass is 9.96. The third kappa shape index (κ3) is 12.7. The third-order valence-corrected chi connectivity index (χ3v) is 31.7. The summed E-state index contributed by atoms with van der Waals surface area (Å²) < 4.78 is 25.3. The van der Waals surface area contributed by atoms with E-state index >= 15 is 0 Å². The summed E-state index contributed by atoms with van der Waals surface area (Å²) in [5.41, 5.74) is 30.1. The molecule has 670 valence electrons. The molecule has 0 spiro atoms. The Morgan fingerprint density at radius 1 is 0.200 bits per heavy atom. The molecule has 0 N–H and O–H groups in total. The number of para-hydroxylation sites is 11. The second-order valence-corrected chi connectivity index (χ2v) is 38.7. The molecular formula is C131H73N11OS2. The zero-order valence-electron chi connectivity index (χ0n) is 77.3. The van der Waals surface area contributed by atoms with Crippen molar-refractivity contribution in [1.29, 1.82) is 26.3 Å². The van der Waals surface area contributed by atoms with Gasteiger partial charge in [0.1, 0.15) is 17.2 Å². The van der Waals surface area contributed by atoms with Crippen LogP contribution in [0.5, 0.6) is 0 Å². The van der Waals surface area contributed by atoms with Crippen LogP contribution in [0, 0.1) is 56.7 Å². The molecule has 9 aromatic heterocycles. The highest BCUT2D eigenvalue weighted by Crippen LogP contribution is 2.53. The van der Waals surface area contributed by atoms with Crippen LogP contribution >= 0.6 is 22.7 Å².